The van der Waals surface area contributed by atoms with E-state index in [4.69, 9.17) is 5.11 Å². The number of aliphatic hydroxyl groups is 3. The van der Waals surface area contributed by atoms with Crippen LogP contribution in [0.25, 0.3) is 0 Å². The molecule has 4 unspecified atom stereocenters. The van der Waals surface area contributed by atoms with Crippen LogP contribution in [0.15, 0.2) is 0 Å². The number of hydrogen-bond acceptors (Lipinski definition) is 4. The molecule has 0 heterocycles. The van der Waals surface area contributed by atoms with Crippen molar-refractivity contribution < 1.29 is 25.2 Å². The monoisotopic (exact) mass is 408 g/mol. The number of carboxylic acid groups (broad SMARTS) is 1. The molecule has 29 heavy (non-hydrogen) atoms. The van der Waals surface area contributed by atoms with Gasteiger partial charge in [-0.25, -0.2) is 0 Å². The first kappa shape index (κ1) is 21.6. The van der Waals surface area contributed by atoms with Crippen LogP contribution in [0, 0.1) is 46.3 Å². The fourth-order valence-electron chi connectivity index (χ4n) is 8.75. The lowest BCUT2D eigenvalue weighted by Gasteiger charge is -2.64. The van der Waals surface area contributed by atoms with Crippen molar-refractivity contribution in [1.82, 2.24) is 0 Å². The molecule has 0 aromatic rings. The molecule has 4 N–H and O–H groups in total. The summed E-state index contributed by atoms with van der Waals surface area (Å²) in [7, 11) is 0. The molecule has 0 bridgehead atoms. The minimum absolute atomic E-state index is 0.0627. The van der Waals surface area contributed by atoms with E-state index in [1.165, 1.54) is 0 Å². The molecular formula is C24H40O5. The summed E-state index contributed by atoms with van der Waals surface area (Å²) in [4.78, 5) is 11.1. The molecule has 0 radical (unpaired) electrons. The van der Waals surface area contributed by atoms with E-state index in [0.717, 1.165) is 38.5 Å². The molecule has 0 aliphatic heterocycles. The van der Waals surface area contributed by atoms with Gasteiger partial charge >= 0.3 is 5.97 Å². The first-order chi connectivity index (χ1) is 13.5. The molecule has 4 fully saturated rings. The Balaban J connectivity index is 1.60. The summed E-state index contributed by atoms with van der Waals surface area (Å²) in [6.45, 7) is 6.89. The van der Waals surface area contributed by atoms with Gasteiger partial charge in [0.15, 0.2) is 5.79 Å². The van der Waals surface area contributed by atoms with E-state index in [1.807, 2.05) is 0 Å². The van der Waals surface area contributed by atoms with Crippen LogP contribution >= 0.6 is 0 Å². The van der Waals surface area contributed by atoms with Gasteiger partial charge in [0.25, 0.3) is 0 Å². The minimum Gasteiger partial charge on any atom is -0.481 e. The quantitative estimate of drug-likeness (QED) is 0.531. The molecule has 0 amide bonds. The van der Waals surface area contributed by atoms with Gasteiger partial charge in [-0.2, -0.15) is 0 Å². The van der Waals surface area contributed by atoms with Gasteiger partial charge in [-0.15, -0.1) is 0 Å². The Morgan fingerprint density at radius 3 is 2.38 bits per heavy atom. The van der Waals surface area contributed by atoms with Gasteiger partial charge in [0.2, 0.25) is 0 Å². The summed E-state index contributed by atoms with van der Waals surface area (Å²) in [5, 5.41) is 41.8. The molecule has 0 aromatic carbocycles. The van der Waals surface area contributed by atoms with E-state index in [-0.39, 0.29) is 41.1 Å². The third kappa shape index (κ3) is 3.36. The molecule has 4 aliphatic rings. The largest absolute Gasteiger partial charge is 0.481 e. The van der Waals surface area contributed by atoms with Gasteiger partial charge in [0.1, 0.15) is 0 Å². The maximum Gasteiger partial charge on any atom is 0.303 e. The molecule has 0 spiro atoms. The maximum atomic E-state index is 11.3. The van der Waals surface area contributed by atoms with Crippen LogP contribution in [0.4, 0.5) is 0 Å². The molecule has 5 heteroatoms. The van der Waals surface area contributed by atoms with Crippen LogP contribution in [0.3, 0.4) is 0 Å². The highest BCUT2D eigenvalue weighted by Crippen LogP contribution is 2.69. The van der Waals surface area contributed by atoms with E-state index in [2.05, 4.69) is 20.8 Å². The number of fused-ring (bicyclic) bond motifs is 5. The van der Waals surface area contributed by atoms with E-state index >= 15 is 0 Å². The molecule has 166 valence electrons. The van der Waals surface area contributed by atoms with Crippen molar-refractivity contribution in [1.29, 1.82) is 0 Å². The number of carboxylic acids is 1. The fraction of sp³-hybridized carbons (Fsp3) is 0.958. The van der Waals surface area contributed by atoms with E-state index in [1.54, 1.807) is 0 Å². The summed E-state index contributed by atoms with van der Waals surface area (Å²) < 4.78 is 0. The van der Waals surface area contributed by atoms with Crippen molar-refractivity contribution in [3.8, 4) is 0 Å². The predicted molar refractivity (Wildman–Crippen MR) is 110 cm³/mol. The second-order valence-corrected chi connectivity index (χ2v) is 11.6. The zero-order valence-corrected chi connectivity index (χ0v) is 18.3. The highest BCUT2D eigenvalue weighted by atomic mass is 16.5. The van der Waals surface area contributed by atoms with Gasteiger partial charge in [-0.05, 0) is 91.8 Å². The Morgan fingerprint density at radius 2 is 1.69 bits per heavy atom. The normalized spacial score (nSPS) is 49.6. The van der Waals surface area contributed by atoms with E-state index in [9.17, 15) is 20.1 Å². The van der Waals surface area contributed by atoms with Crippen molar-refractivity contribution in [2.45, 2.75) is 96.9 Å². The first-order valence-electron chi connectivity index (χ1n) is 11.8. The van der Waals surface area contributed by atoms with Crippen molar-refractivity contribution in [2.75, 3.05) is 0 Å². The average molecular weight is 409 g/mol. The topological polar surface area (TPSA) is 98.0 Å². The SMILES string of the molecule is CC(CCC(=O)O)[C@H]1CC[C@H]2[C@@H]3C(CCC12C)C1(C)CC[C@@H](O)C[C@H]1CC3(O)O. The average Bonchev–Trinajstić information content (AvgIpc) is 2.98. The fourth-order valence-corrected chi connectivity index (χ4v) is 8.75. The molecular weight excluding hydrogens is 368 g/mol. The lowest BCUT2D eigenvalue weighted by Crippen LogP contribution is -2.63. The molecule has 0 saturated heterocycles. The van der Waals surface area contributed by atoms with Crippen molar-refractivity contribution in [3.63, 3.8) is 0 Å². The molecule has 4 saturated carbocycles. The van der Waals surface area contributed by atoms with E-state index in [0.29, 0.717) is 37.0 Å². The van der Waals surface area contributed by atoms with Crippen LogP contribution in [0.5, 0.6) is 0 Å². The summed E-state index contributed by atoms with van der Waals surface area (Å²) in [6.07, 6.45) is 7.72. The number of rotatable bonds is 4. The molecule has 5 nitrogen and oxygen atoms in total. The summed E-state index contributed by atoms with van der Waals surface area (Å²) in [6, 6.07) is 0. The van der Waals surface area contributed by atoms with Gasteiger partial charge in [0.05, 0.1) is 6.10 Å². The van der Waals surface area contributed by atoms with Gasteiger partial charge in [-0.1, -0.05) is 20.8 Å². The van der Waals surface area contributed by atoms with Crippen LogP contribution in [0.2, 0.25) is 0 Å². The number of hydrogen-bond donors (Lipinski definition) is 4. The molecule has 0 aromatic heterocycles. The highest BCUT2D eigenvalue weighted by molar-refractivity contribution is 5.66. The standard InChI is InChI=1S/C24H40O5/c1-14(4-7-20(26)27)17-5-6-18-21-19(9-11-23(17,18)3)22(2)10-8-16(25)12-15(22)13-24(21,28)29/h14-19,21,25,28-29H,4-13H2,1-3H3,(H,26,27)/t14?,15-,16+,17+,18-,19?,21+,22?,23?/m0/s1. The third-order valence-corrected chi connectivity index (χ3v) is 10.3. The van der Waals surface area contributed by atoms with Crippen molar-refractivity contribution in [3.05, 3.63) is 0 Å². The number of aliphatic hydroxyl groups excluding tert-OH is 1. The van der Waals surface area contributed by atoms with Gasteiger partial charge in [0, 0.05) is 18.8 Å². The van der Waals surface area contributed by atoms with Crippen LogP contribution in [-0.4, -0.2) is 38.3 Å². The first-order valence-corrected chi connectivity index (χ1v) is 11.8. The second-order valence-electron chi connectivity index (χ2n) is 11.6. The third-order valence-electron chi connectivity index (χ3n) is 10.3. The molecule has 9 atom stereocenters. The Morgan fingerprint density at radius 1 is 1.03 bits per heavy atom. The zero-order chi connectivity index (χ0) is 21.2. The Bertz CT molecular complexity index is 647. The number of aliphatic carboxylic acids is 1. The zero-order valence-electron chi connectivity index (χ0n) is 18.3. The summed E-state index contributed by atoms with van der Waals surface area (Å²) in [5.74, 6) is -0.905. The van der Waals surface area contributed by atoms with Crippen LogP contribution in [0.1, 0.15) is 85.0 Å². The minimum atomic E-state index is -1.66. The molecule has 4 rings (SSSR count). The van der Waals surface area contributed by atoms with E-state index < -0.39 is 11.8 Å². The van der Waals surface area contributed by atoms with Crippen molar-refractivity contribution in [2.24, 2.45) is 46.3 Å². The lowest BCUT2D eigenvalue weighted by molar-refractivity contribution is -0.305. The Kier molecular flexibility index (Phi) is 5.36. The van der Waals surface area contributed by atoms with Crippen LogP contribution < -0.4 is 0 Å². The Labute approximate surface area is 174 Å². The summed E-state index contributed by atoms with van der Waals surface area (Å²) in [5.41, 5.74) is 0.153. The lowest BCUT2D eigenvalue weighted by atomic mass is 9.43. The maximum absolute atomic E-state index is 11.3. The number of carbonyl (C=O) groups is 1. The van der Waals surface area contributed by atoms with Gasteiger partial charge in [-0.3, -0.25) is 4.79 Å². The van der Waals surface area contributed by atoms with Crippen LogP contribution in [-0.2, 0) is 4.79 Å². The predicted octanol–water partition coefficient (Wildman–Crippen LogP) is 3.80. The second kappa shape index (κ2) is 7.20. The summed E-state index contributed by atoms with van der Waals surface area (Å²) >= 11 is 0. The Hall–Kier alpha value is -0.650. The van der Waals surface area contributed by atoms with Gasteiger partial charge < -0.3 is 20.4 Å². The van der Waals surface area contributed by atoms with Crippen molar-refractivity contribution >= 4 is 5.97 Å². The highest BCUT2D eigenvalue weighted by Gasteiger charge is 2.66. The molecule has 4 aliphatic carbocycles. The smallest absolute Gasteiger partial charge is 0.303 e.